The van der Waals surface area contributed by atoms with Crippen LogP contribution in [0.5, 0.6) is 5.75 Å². The summed E-state index contributed by atoms with van der Waals surface area (Å²) in [6, 6.07) is 6.84. The number of hydrogen-bond acceptors (Lipinski definition) is 3. The zero-order valence-corrected chi connectivity index (χ0v) is 11.9. The van der Waals surface area contributed by atoms with Crippen LogP contribution in [0.25, 0.3) is 0 Å². The fraction of sp³-hybridized carbons (Fsp3) is 0.600. The largest absolute Gasteiger partial charge is 0.435 e. The molecule has 0 saturated carbocycles. The molecule has 20 heavy (non-hydrogen) atoms. The van der Waals surface area contributed by atoms with Gasteiger partial charge in [0.1, 0.15) is 5.75 Å². The van der Waals surface area contributed by atoms with Crippen LogP contribution in [0.15, 0.2) is 24.3 Å². The summed E-state index contributed by atoms with van der Waals surface area (Å²) >= 11 is 0. The van der Waals surface area contributed by atoms with Gasteiger partial charge in [0.05, 0.1) is 5.60 Å². The molecular formula is C15H21F2NO2. The van der Waals surface area contributed by atoms with Gasteiger partial charge in [-0.2, -0.15) is 8.78 Å². The first-order valence-corrected chi connectivity index (χ1v) is 6.91. The Labute approximate surface area is 118 Å². The maximum absolute atomic E-state index is 12.2. The molecule has 1 fully saturated rings. The van der Waals surface area contributed by atoms with Crippen molar-refractivity contribution in [2.75, 3.05) is 13.2 Å². The maximum atomic E-state index is 12.2. The van der Waals surface area contributed by atoms with Gasteiger partial charge in [0, 0.05) is 19.2 Å². The Hall–Kier alpha value is -1.20. The van der Waals surface area contributed by atoms with E-state index in [9.17, 15) is 8.78 Å². The summed E-state index contributed by atoms with van der Waals surface area (Å²) in [7, 11) is 0. The average molecular weight is 285 g/mol. The molecule has 1 aliphatic heterocycles. The molecule has 2 unspecified atom stereocenters. The molecule has 2 rings (SSSR count). The van der Waals surface area contributed by atoms with Crippen molar-refractivity contribution in [3.63, 3.8) is 0 Å². The van der Waals surface area contributed by atoms with Crippen LogP contribution in [0.2, 0.25) is 0 Å². The first kappa shape index (κ1) is 15.2. The Balaban J connectivity index is 1.93. The summed E-state index contributed by atoms with van der Waals surface area (Å²) in [6.45, 7) is 2.85. The van der Waals surface area contributed by atoms with E-state index >= 15 is 0 Å². The molecule has 1 N–H and O–H groups in total. The van der Waals surface area contributed by atoms with E-state index in [4.69, 9.17) is 4.74 Å². The highest BCUT2D eigenvalue weighted by Crippen LogP contribution is 2.26. The maximum Gasteiger partial charge on any atom is 0.387 e. The molecule has 1 aliphatic rings. The SMILES string of the molecule is CC(NCC1(C)CCCO1)c1cccc(OC(F)F)c1. The van der Waals surface area contributed by atoms with Crippen LogP contribution < -0.4 is 10.1 Å². The summed E-state index contributed by atoms with van der Waals surface area (Å²) in [5, 5.41) is 3.39. The quantitative estimate of drug-likeness (QED) is 0.867. The lowest BCUT2D eigenvalue weighted by molar-refractivity contribution is -0.0499. The lowest BCUT2D eigenvalue weighted by Gasteiger charge is -2.26. The van der Waals surface area contributed by atoms with E-state index in [1.807, 2.05) is 13.0 Å². The Morgan fingerprint density at radius 1 is 1.45 bits per heavy atom. The second-order valence-electron chi connectivity index (χ2n) is 5.46. The molecule has 3 nitrogen and oxygen atoms in total. The fourth-order valence-corrected chi connectivity index (χ4v) is 2.42. The van der Waals surface area contributed by atoms with Crippen molar-refractivity contribution in [3.8, 4) is 5.75 Å². The molecule has 0 radical (unpaired) electrons. The Morgan fingerprint density at radius 3 is 2.90 bits per heavy atom. The van der Waals surface area contributed by atoms with Gasteiger partial charge in [0.25, 0.3) is 0 Å². The molecule has 5 heteroatoms. The highest BCUT2D eigenvalue weighted by Gasteiger charge is 2.29. The summed E-state index contributed by atoms with van der Waals surface area (Å²) in [6.07, 6.45) is 2.13. The highest BCUT2D eigenvalue weighted by atomic mass is 19.3. The van der Waals surface area contributed by atoms with Gasteiger partial charge in [-0.3, -0.25) is 0 Å². The summed E-state index contributed by atoms with van der Waals surface area (Å²) in [5.41, 5.74) is 0.801. The predicted octanol–water partition coefficient (Wildman–Crippen LogP) is 3.51. The number of halogens is 2. The van der Waals surface area contributed by atoms with Gasteiger partial charge in [0.2, 0.25) is 0 Å². The summed E-state index contributed by atoms with van der Waals surface area (Å²) < 4.78 is 34.5. The number of nitrogens with one attached hydrogen (secondary N) is 1. The van der Waals surface area contributed by atoms with Crippen molar-refractivity contribution in [3.05, 3.63) is 29.8 Å². The van der Waals surface area contributed by atoms with E-state index in [1.54, 1.807) is 12.1 Å². The lowest BCUT2D eigenvalue weighted by atomic mass is 10.0. The van der Waals surface area contributed by atoms with Crippen LogP contribution in [0.4, 0.5) is 8.78 Å². The molecule has 0 bridgehead atoms. The van der Waals surface area contributed by atoms with Crippen LogP contribution >= 0.6 is 0 Å². The zero-order chi connectivity index (χ0) is 14.6. The molecule has 1 saturated heterocycles. The Bertz CT molecular complexity index is 434. The Kier molecular flexibility index (Phi) is 4.94. The topological polar surface area (TPSA) is 30.5 Å². The monoisotopic (exact) mass is 285 g/mol. The van der Waals surface area contributed by atoms with Crippen LogP contribution in [0, 0.1) is 0 Å². The number of hydrogen-bond donors (Lipinski definition) is 1. The van der Waals surface area contributed by atoms with E-state index in [0.717, 1.165) is 31.6 Å². The first-order chi connectivity index (χ1) is 9.48. The van der Waals surface area contributed by atoms with Gasteiger partial charge < -0.3 is 14.8 Å². The second kappa shape index (κ2) is 6.50. The average Bonchev–Trinajstić information content (AvgIpc) is 2.83. The van der Waals surface area contributed by atoms with Crippen LogP contribution in [0.1, 0.15) is 38.3 Å². The second-order valence-corrected chi connectivity index (χ2v) is 5.46. The first-order valence-electron chi connectivity index (χ1n) is 6.91. The zero-order valence-electron chi connectivity index (χ0n) is 11.9. The third kappa shape index (κ3) is 4.15. The fourth-order valence-electron chi connectivity index (χ4n) is 2.42. The standard InChI is InChI=1S/C15H21F2NO2/c1-11(18-10-15(2)7-4-8-19-15)12-5-3-6-13(9-12)20-14(16)17/h3,5-6,9,11,14,18H,4,7-8,10H2,1-2H3. The molecule has 0 aliphatic carbocycles. The van der Waals surface area contributed by atoms with Gasteiger partial charge in [-0.05, 0) is 44.4 Å². The van der Waals surface area contributed by atoms with E-state index in [0.29, 0.717) is 0 Å². The molecule has 0 spiro atoms. The molecule has 0 aromatic heterocycles. The molecular weight excluding hydrogens is 264 g/mol. The van der Waals surface area contributed by atoms with E-state index < -0.39 is 6.61 Å². The van der Waals surface area contributed by atoms with Crippen LogP contribution in [-0.2, 0) is 4.74 Å². The lowest BCUT2D eigenvalue weighted by Crippen LogP contribution is -2.38. The van der Waals surface area contributed by atoms with E-state index in [-0.39, 0.29) is 17.4 Å². The third-order valence-electron chi connectivity index (χ3n) is 3.67. The molecule has 1 heterocycles. The van der Waals surface area contributed by atoms with Gasteiger partial charge in [-0.1, -0.05) is 12.1 Å². The normalized spacial score (nSPS) is 24.1. The van der Waals surface area contributed by atoms with E-state index in [2.05, 4.69) is 17.0 Å². The van der Waals surface area contributed by atoms with Gasteiger partial charge in [0.15, 0.2) is 0 Å². The van der Waals surface area contributed by atoms with Crippen molar-refractivity contribution in [2.45, 2.75) is 44.9 Å². The third-order valence-corrected chi connectivity index (χ3v) is 3.67. The predicted molar refractivity (Wildman–Crippen MR) is 73.1 cm³/mol. The summed E-state index contributed by atoms with van der Waals surface area (Å²) in [5.74, 6) is 0.189. The summed E-state index contributed by atoms with van der Waals surface area (Å²) in [4.78, 5) is 0. The van der Waals surface area contributed by atoms with Crippen molar-refractivity contribution < 1.29 is 18.3 Å². The minimum atomic E-state index is -2.79. The molecule has 0 amide bonds. The highest BCUT2D eigenvalue weighted by molar-refractivity contribution is 5.30. The smallest absolute Gasteiger partial charge is 0.387 e. The number of alkyl halides is 2. The molecule has 2 atom stereocenters. The van der Waals surface area contributed by atoms with Gasteiger partial charge >= 0.3 is 6.61 Å². The number of rotatable bonds is 6. The van der Waals surface area contributed by atoms with Crippen molar-refractivity contribution in [2.24, 2.45) is 0 Å². The van der Waals surface area contributed by atoms with Crippen LogP contribution in [-0.4, -0.2) is 25.4 Å². The van der Waals surface area contributed by atoms with Crippen LogP contribution in [0.3, 0.4) is 0 Å². The molecule has 1 aromatic rings. The molecule has 112 valence electrons. The number of benzene rings is 1. The van der Waals surface area contributed by atoms with Crippen molar-refractivity contribution >= 4 is 0 Å². The minimum Gasteiger partial charge on any atom is -0.435 e. The van der Waals surface area contributed by atoms with Gasteiger partial charge in [-0.25, -0.2) is 0 Å². The van der Waals surface area contributed by atoms with Crippen molar-refractivity contribution in [1.82, 2.24) is 5.32 Å². The number of ether oxygens (including phenoxy) is 2. The minimum absolute atomic E-state index is 0.0530. The van der Waals surface area contributed by atoms with Crippen molar-refractivity contribution in [1.29, 1.82) is 0 Å². The molecule has 1 aromatic carbocycles. The van der Waals surface area contributed by atoms with E-state index in [1.165, 1.54) is 6.07 Å². The Morgan fingerprint density at radius 2 is 2.25 bits per heavy atom. The van der Waals surface area contributed by atoms with Gasteiger partial charge in [-0.15, -0.1) is 0 Å².